The van der Waals surface area contributed by atoms with Gasteiger partial charge in [-0.2, -0.15) is 0 Å². The van der Waals surface area contributed by atoms with Crippen LogP contribution in [-0.4, -0.2) is 20.2 Å². The van der Waals surface area contributed by atoms with Crippen LogP contribution >= 0.6 is 11.6 Å². The molecule has 0 amide bonds. The number of ether oxygens (including phenoxy) is 1. The summed E-state index contributed by atoms with van der Waals surface area (Å²) in [4.78, 5) is 2.09. The number of rotatable bonds is 5. The zero-order valence-electron chi connectivity index (χ0n) is 12.7. The molecular formula is C17H21ClN2O. The van der Waals surface area contributed by atoms with Crippen molar-refractivity contribution in [1.82, 2.24) is 0 Å². The molecule has 2 rings (SSSR count). The highest BCUT2D eigenvalue weighted by atomic mass is 35.5. The van der Waals surface area contributed by atoms with Crippen LogP contribution in [0.2, 0.25) is 5.02 Å². The number of benzene rings is 2. The van der Waals surface area contributed by atoms with Crippen LogP contribution in [0.15, 0.2) is 36.4 Å². The first kappa shape index (κ1) is 15.5. The van der Waals surface area contributed by atoms with Crippen molar-refractivity contribution in [1.29, 1.82) is 0 Å². The number of nitrogen functional groups attached to an aromatic ring is 1. The van der Waals surface area contributed by atoms with Crippen LogP contribution in [0.4, 0.5) is 11.4 Å². The van der Waals surface area contributed by atoms with Crippen molar-refractivity contribution in [3.63, 3.8) is 0 Å². The molecule has 112 valence electrons. The highest BCUT2D eigenvalue weighted by molar-refractivity contribution is 6.32. The number of halogens is 1. The number of nitrogens with two attached hydrogens (primary N) is 1. The van der Waals surface area contributed by atoms with Gasteiger partial charge in [-0.1, -0.05) is 23.7 Å². The minimum Gasteiger partial charge on any atom is -0.492 e. The summed E-state index contributed by atoms with van der Waals surface area (Å²) in [6, 6.07) is 11.8. The van der Waals surface area contributed by atoms with Gasteiger partial charge in [-0.15, -0.1) is 0 Å². The topological polar surface area (TPSA) is 38.5 Å². The summed E-state index contributed by atoms with van der Waals surface area (Å²) >= 11 is 6.15. The van der Waals surface area contributed by atoms with E-state index in [0.29, 0.717) is 6.61 Å². The van der Waals surface area contributed by atoms with Gasteiger partial charge in [-0.05, 0) is 49.2 Å². The predicted molar refractivity (Wildman–Crippen MR) is 90.5 cm³/mol. The molecule has 3 nitrogen and oxygen atoms in total. The van der Waals surface area contributed by atoms with Gasteiger partial charge in [0, 0.05) is 12.1 Å². The van der Waals surface area contributed by atoms with E-state index in [9.17, 15) is 0 Å². The quantitative estimate of drug-likeness (QED) is 0.847. The van der Waals surface area contributed by atoms with Crippen molar-refractivity contribution in [3.05, 3.63) is 52.5 Å². The van der Waals surface area contributed by atoms with Gasteiger partial charge in [0.15, 0.2) is 0 Å². The number of likely N-dealkylation sites (N-methyl/N-ethyl adjacent to an activating group) is 1. The zero-order chi connectivity index (χ0) is 15.4. The molecule has 0 heterocycles. The standard InChI is InChI=1S/C17H21ClN2O/c1-12-10-14(11-13(2)17(12)18)21-9-8-20(3)16-7-5-4-6-15(16)19/h4-7,10-11H,8-9,19H2,1-3H3. The van der Waals surface area contributed by atoms with E-state index >= 15 is 0 Å². The van der Waals surface area contributed by atoms with Crippen LogP contribution in [0.3, 0.4) is 0 Å². The Morgan fingerprint density at radius 2 is 1.76 bits per heavy atom. The van der Waals surface area contributed by atoms with E-state index in [-0.39, 0.29) is 0 Å². The number of para-hydroxylation sites is 2. The molecule has 0 saturated heterocycles. The molecule has 2 aromatic rings. The molecule has 0 saturated carbocycles. The maximum atomic E-state index is 6.15. The second-order valence-electron chi connectivity index (χ2n) is 5.20. The molecule has 2 aromatic carbocycles. The van der Waals surface area contributed by atoms with E-state index < -0.39 is 0 Å². The molecule has 0 unspecified atom stereocenters. The third kappa shape index (κ3) is 3.82. The van der Waals surface area contributed by atoms with E-state index in [4.69, 9.17) is 22.1 Å². The Balaban J connectivity index is 1.94. The Morgan fingerprint density at radius 3 is 2.38 bits per heavy atom. The van der Waals surface area contributed by atoms with Gasteiger partial charge in [0.25, 0.3) is 0 Å². The number of nitrogens with zero attached hydrogens (tertiary/aromatic N) is 1. The summed E-state index contributed by atoms with van der Waals surface area (Å²) in [7, 11) is 2.01. The molecule has 21 heavy (non-hydrogen) atoms. The fraction of sp³-hybridized carbons (Fsp3) is 0.294. The van der Waals surface area contributed by atoms with Gasteiger partial charge in [0.05, 0.1) is 17.9 Å². The molecule has 0 aliphatic carbocycles. The maximum absolute atomic E-state index is 6.15. The normalized spacial score (nSPS) is 10.5. The average Bonchev–Trinajstić information content (AvgIpc) is 2.45. The van der Waals surface area contributed by atoms with Crippen molar-refractivity contribution in [3.8, 4) is 5.75 Å². The summed E-state index contributed by atoms with van der Waals surface area (Å²) in [6.45, 7) is 5.32. The minimum absolute atomic E-state index is 0.589. The van der Waals surface area contributed by atoms with Crippen LogP contribution in [0.5, 0.6) is 5.75 Å². The van der Waals surface area contributed by atoms with Gasteiger partial charge in [-0.3, -0.25) is 0 Å². The highest BCUT2D eigenvalue weighted by Gasteiger charge is 2.06. The molecule has 2 N–H and O–H groups in total. The van der Waals surface area contributed by atoms with Crippen LogP contribution in [0.1, 0.15) is 11.1 Å². The Bertz CT molecular complexity index is 605. The summed E-state index contributed by atoms with van der Waals surface area (Å²) in [5, 5.41) is 0.802. The number of hydrogen-bond acceptors (Lipinski definition) is 3. The molecule has 0 aromatic heterocycles. The highest BCUT2D eigenvalue weighted by Crippen LogP contribution is 2.26. The van der Waals surface area contributed by atoms with E-state index in [0.717, 1.165) is 39.8 Å². The molecule has 0 atom stereocenters. The number of aryl methyl sites for hydroxylation is 2. The smallest absolute Gasteiger partial charge is 0.120 e. The number of anilines is 2. The lowest BCUT2D eigenvalue weighted by atomic mass is 10.1. The maximum Gasteiger partial charge on any atom is 0.120 e. The minimum atomic E-state index is 0.589. The summed E-state index contributed by atoms with van der Waals surface area (Å²) < 4.78 is 5.81. The summed E-state index contributed by atoms with van der Waals surface area (Å²) in [5.41, 5.74) is 9.83. The Kier molecular flexibility index (Phi) is 4.97. The van der Waals surface area contributed by atoms with Crippen LogP contribution in [0, 0.1) is 13.8 Å². The largest absolute Gasteiger partial charge is 0.492 e. The second-order valence-corrected chi connectivity index (χ2v) is 5.58. The third-order valence-electron chi connectivity index (χ3n) is 3.45. The summed E-state index contributed by atoms with van der Waals surface area (Å²) in [5.74, 6) is 0.851. The van der Waals surface area contributed by atoms with Crippen molar-refractivity contribution < 1.29 is 4.74 Å². The van der Waals surface area contributed by atoms with Crippen molar-refractivity contribution in [2.45, 2.75) is 13.8 Å². The SMILES string of the molecule is Cc1cc(OCCN(C)c2ccccc2N)cc(C)c1Cl. The predicted octanol–water partition coefficient (Wildman–Crippen LogP) is 4.05. The van der Waals surface area contributed by atoms with Gasteiger partial charge in [0.1, 0.15) is 12.4 Å². The van der Waals surface area contributed by atoms with Crippen LogP contribution < -0.4 is 15.4 Å². The molecule has 0 aliphatic heterocycles. The van der Waals surface area contributed by atoms with E-state index in [1.54, 1.807) is 0 Å². The molecule has 4 heteroatoms. The van der Waals surface area contributed by atoms with E-state index in [1.165, 1.54) is 0 Å². The van der Waals surface area contributed by atoms with Crippen molar-refractivity contribution in [2.24, 2.45) is 0 Å². The van der Waals surface area contributed by atoms with Gasteiger partial charge in [0.2, 0.25) is 0 Å². The average molecular weight is 305 g/mol. The molecule has 0 radical (unpaired) electrons. The monoisotopic (exact) mass is 304 g/mol. The number of hydrogen-bond donors (Lipinski definition) is 1. The van der Waals surface area contributed by atoms with Crippen LogP contribution in [0.25, 0.3) is 0 Å². The van der Waals surface area contributed by atoms with E-state index in [1.807, 2.05) is 57.3 Å². The molecule has 0 spiro atoms. The van der Waals surface area contributed by atoms with Crippen molar-refractivity contribution >= 4 is 23.0 Å². The first-order valence-electron chi connectivity index (χ1n) is 6.94. The Hall–Kier alpha value is -1.87. The fourth-order valence-corrected chi connectivity index (χ4v) is 2.35. The zero-order valence-corrected chi connectivity index (χ0v) is 13.4. The molecule has 0 bridgehead atoms. The van der Waals surface area contributed by atoms with Crippen LogP contribution in [-0.2, 0) is 0 Å². The van der Waals surface area contributed by atoms with Crippen molar-refractivity contribution in [2.75, 3.05) is 30.8 Å². The first-order valence-corrected chi connectivity index (χ1v) is 7.32. The lowest BCUT2D eigenvalue weighted by molar-refractivity contribution is 0.325. The lowest BCUT2D eigenvalue weighted by Crippen LogP contribution is -2.24. The van der Waals surface area contributed by atoms with Gasteiger partial charge < -0.3 is 15.4 Å². The fourth-order valence-electron chi connectivity index (χ4n) is 2.25. The van der Waals surface area contributed by atoms with Gasteiger partial charge in [-0.25, -0.2) is 0 Å². The second kappa shape index (κ2) is 6.72. The lowest BCUT2D eigenvalue weighted by Gasteiger charge is -2.21. The Morgan fingerprint density at radius 1 is 1.14 bits per heavy atom. The molecular weight excluding hydrogens is 284 g/mol. The van der Waals surface area contributed by atoms with E-state index in [2.05, 4.69) is 4.90 Å². The third-order valence-corrected chi connectivity index (χ3v) is 4.05. The van der Waals surface area contributed by atoms with Gasteiger partial charge >= 0.3 is 0 Å². The first-order chi connectivity index (χ1) is 9.99. The Labute approximate surface area is 131 Å². The molecule has 0 aliphatic rings. The molecule has 0 fully saturated rings. The summed E-state index contributed by atoms with van der Waals surface area (Å²) in [6.07, 6.45) is 0.